The molecule has 1 amide bonds. The third kappa shape index (κ3) is 4.24. The summed E-state index contributed by atoms with van der Waals surface area (Å²) in [5, 5.41) is 0.995. The van der Waals surface area contributed by atoms with E-state index in [2.05, 4.69) is 4.90 Å². The summed E-state index contributed by atoms with van der Waals surface area (Å²) in [7, 11) is 1.62. The van der Waals surface area contributed by atoms with E-state index in [9.17, 15) is 9.59 Å². The number of piperidine rings is 1. The second-order valence-corrected chi connectivity index (χ2v) is 9.46. The van der Waals surface area contributed by atoms with Crippen LogP contribution in [-0.4, -0.2) is 68.2 Å². The molecule has 0 aliphatic carbocycles. The Morgan fingerprint density at radius 2 is 1.78 bits per heavy atom. The summed E-state index contributed by atoms with van der Waals surface area (Å²) in [6, 6.07) is 14.8. The fourth-order valence-corrected chi connectivity index (χ4v) is 5.35. The molecule has 0 radical (unpaired) electrons. The fraction of sp³-hybridized carbons (Fsp3) is 0.407. The van der Waals surface area contributed by atoms with Crippen molar-refractivity contribution in [2.24, 2.45) is 5.92 Å². The van der Waals surface area contributed by atoms with Gasteiger partial charge in [0, 0.05) is 50.3 Å². The van der Waals surface area contributed by atoms with E-state index in [1.165, 1.54) is 0 Å². The number of benzene rings is 2. The maximum absolute atomic E-state index is 12.9. The number of aromatic nitrogens is 1. The number of fused-ring (bicyclic) bond motifs is 3. The van der Waals surface area contributed by atoms with E-state index >= 15 is 0 Å². The predicted molar refractivity (Wildman–Crippen MR) is 134 cm³/mol. The van der Waals surface area contributed by atoms with Gasteiger partial charge >= 0.3 is 6.09 Å². The first-order chi connectivity index (χ1) is 17.6. The molecule has 36 heavy (non-hydrogen) atoms. The number of carbonyl (C=O) groups excluding carboxylic acids is 1. The number of pyridine rings is 1. The number of methoxy groups -OCH3 is 1. The largest absolute Gasteiger partial charge is 0.497 e. The van der Waals surface area contributed by atoms with Gasteiger partial charge in [0.25, 0.3) is 5.56 Å². The number of carbonyl (C=O) groups is 1. The van der Waals surface area contributed by atoms with Crippen LogP contribution in [0.1, 0.15) is 6.42 Å². The number of likely N-dealkylation sites (tertiary alicyclic amines) is 1. The number of hydrogen-bond acceptors (Lipinski definition) is 7. The molecule has 0 spiro atoms. The lowest BCUT2D eigenvalue weighted by molar-refractivity contribution is -0.00757. The third-order valence-corrected chi connectivity index (χ3v) is 7.35. The Morgan fingerprint density at radius 1 is 0.944 bits per heavy atom. The molecule has 3 aromatic rings. The number of anilines is 1. The minimum absolute atomic E-state index is 0.0372. The van der Waals surface area contributed by atoms with Crippen LogP contribution < -0.4 is 24.7 Å². The van der Waals surface area contributed by atoms with Crippen LogP contribution in [0, 0.1) is 5.92 Å². The quantitative estimate of drug-likeness (QED) is 0.542. The van der Waals surface area contributed by atoms with Crippen LogP contribution in [0.2, 0.25) is 0 Å². The molecule has 9 heteroatoms. The normalized spacial score (nSPS) is 21.7. The lowest BCUT2D eigenvalue weighted by Gasteiger charge is -2.44. The van der Waals surface area contributed by atoms with Gasteiger partial charge in [-0.1, -0.05) is 0 Å². The Kier molecular flexibility index (Phi) is 5.92. The van der Waals surface area contributed by atoms with Crippen LogP contribution in [-0.2, 0) is 11.3 Å². The topological polar surface area (TPSA) is 82.5 Å². The lowest BCUT2D eigenvalue weighted by atomic mass is 9.91. The first-order valence-corrected chi connectivity index (χ1v) is 12.4. The summed E-state index contributed by atoms with van der Waals surface area (Å²) in [5.74, 6) is 2.33. The van der Waals surface area contributed by atoms with E-state index in [1.54, 1.807) is 22.6 Å². The Hall–Kier alpha value is -3.72. The average molecular weight is 492 g/mol. The summed E-state index contributed by atoms with van der Waals surface area (Å²) in [6.07, 6.45) is 0.410. The molecule has 3 aliphatic heterocycles. The molecular weight excluding hydrogens is 462 g/mol. The first-order valence-electron chi connectivity index (χ1n) is 12.4. The predicted octanol–water partition coefficient (Wildman–Crippen LogP) is 3.13. The number of nitrogens with zero attached hydrogens (tertiary/aromatic N) is 3. The van der Waals surface area contributed by atoms with Crippen molar-refractivity contribution in [3.8, 4) is 17.2 Å². The second kappa shape index (κ2) is 9.39. The van der Waals surface area contributed by atoms with E-state index in [0.717, 1.165) is 35.3 Å². The number of amides is 1. The van der Waals surface area contributed by atoms with Gasteiger partial charge in [-0.25, -0.2) is 4.79 Å². The molecule has 4 heterocycles. The van der Waals surface area contributed by atoms with Crippen LogP contribution in [0.25, 0.3) is 10.9 Å². The Balaban J connectivity index is 1.12. The Labute approximate surface area is 208 Å². The van der Waals surface area contributed by atoms with Gasteiger partial charge in [0.1, 0.15) is 25.1 Å². The molecule has 1 aromatic heterocycles. The summed E-state index contributed by atoms with van der Waals surface area (Å²) in [5.41, 5.74) is 1.58. The molecule has 188 valence electrons. The molecule has 9 nitrogen and oxygen atoms in total. The van der Waals surface area contributed by atoms with E-state index in [1.807, 2.05) is 42.5 Å². The van der Waals surface area contributed by atoms with Crippen molar-refractivity contribution >= 4 is 22.7 Å². The number of rotatable bonds is 5. The molecule has 6 rings (SSSR count). The van der Waals surface area contributed by atoms with Crippen LogP contribution in [0.3, 0.4) is 0 Å². The first kappa shape index (κ1) is 22.7. The lowest BCUT2D eigenvalue weighted by Crippen LogP contribution is -2.56. The fourth-order valence-electron chi connectivity index (χ4n) is 5.35. The van der Waals surface area contributed by atoms with Gasteiger partial charge in [-0.05, 0) is 48.7 Å². The van der Waals surface area contributed by atoms with Gasteiger partial charge in [-0.3, -0.25) is 14.6 Å². The molecule has 0 bridgehead atoms. The Morgan fingerprint density at radius 3 is 2.64 bits per heavy atom. The summed E-state index contributed by atoms with van der Waals surface area (Å²) >= 11 is 0. The highest BCUT2D eigenvalue weighted by Gasteiger charge is 2.40. The highest BCUT2D eigenvalue weighted by atomic mass is 16.6. The maximum atomic E-state index is 12.9. The van der Waals surface area contributed by atoms with Crippen LogP contribution in [0.5, 0.6) is 17.2 Å². The Bertz CT molecular complexity index is 1360. The van der Waals surface area contributed by atoms with Crippen molar-refractivity contribution in [3.05, 3.63) is 58.9 Å². The molecule has 0 N–H and O–H groups in total. The van der Waals surface area contributed by atoms with Crippen LogP contribution in [0.4, 0.5) is 10.5 Å². The zero-order valence-electron chi connectivity index (χ0n) is 20.2. The van der Waals surface area contributed by atoms with Gasteiger partial charge in [-0.2, -0.15) is 0 Å². The summed E-state index contributed by atoms with van der Waals surface area (Å²) in [4.78, 5) is 29.5. The summed E-state index contributed by atoms with van der Waals surface area (Å²) < 4.78 is 24.3. The molecule has 3 aliphatic rings. The second-order valence-electron chi connectivity index (χ2n) is 9.46. The average Bonchev–Trinajstić information content (AvgIpc) is 2.91. The van der Waals surface area contributed by atoms with Gasteiger partial charge in [0.05, 0.1) is 18.3 Å². The van der Waals surface area contributed by atoms with Crippen LogP contribution >= 0.6 is 0 Å². The zero-order chi connectivity index (χ0) is 24.6. The SMILES string of the molecule is COc1ccc2ccc(=O)n(CCN3CC[C@@H]4CN(c5ccc6c(c5)OCCO6)C(=O)OC4C3)c2c1. The molecule has 2 aromatic carbocycles. The highest BCUT2D eigenvalue weighted by molar-refractivity contribution is 5.89. The monoisotopic (exact) mass is 491 g/mol. The van der Waals surface area contributed by atoms with Crippen molar-refractivity contribution < 1.29 is 23.7 Å². The standard InChI is InChI=1S/C27H29N3O6/c1-33-21-5-2-18-3-7-26(31)29(22(18)15-21)11-10-28-9-8-19-16-30(27(32)36-25(19)17-28)20-4-6-23-24(14-20)35-13-12-34-23/h2-7,14-15,19,25H,8-13,16-17H2,1H3/t19-,25?/m1/s1. The minimum atomic E-state index is -0.341. The van der Waals surface area contributed by atoms with E-state index in [4.69, 9.17) is 18.9 Å². The number of hydrogen-bond donors (Lipinski definition) is 0. The van der Waals surface area contributed by atoms with Crippen molar-refractivity contribution in [1.29, 1.82) is 0 Å². The van der Waals surface area contributed by atoms with Gasteiger partial charge in [0.2, 0.25) is 0 Å². The molecule has 2 saturated heterocycles. The zero-order valence-corrected chi connectivity index (χ0v) is 20.2. The summed E-state index contributed by atoms with van der Waals surface area (Å²) in [6.45, 7) is 4.44. The van der Waals surface area contributed by atoms with E-state index in [0.29, 0.717) is 50.9 Å². The van der Waals surface area contributed by atoms with Crippen molar-refractivity contribution in [1.82, 2.24) is 9.47 Å². The maximum Gasteiger partial charge on any atom is 0.414 e. The number of ether oxygens (including phenoxy) is 4. The van der Waals surface area contributed by atoms with Crippen molar-refractivity contribution in [2.75, 3.05) is 51.4 Å². The molecule has 0 saturated carbocycles. The smallest absolute Gasteiger partial charge is 0.414 e. The minimum Gasteiger partial charge on any atom is -0.497 e. The molecule has 2 fully saturated rings. The molecule has 1 unspecified atom stereocenters. The van der Waals surface area contributed by atoms with Gasteiger partial charge in [-0.15, -0.1) is 0 Å². The third-order valence-electron chi connectivity index (χ3n) is 7.35. The van der Waals surface area contributed by atoms with Crippen molar-refractivity contribution in [2.45, 2.75) is 19.1 Å². The highest BCUT2D eigenvalue weighted by Crippen LogP contribution is 2.36. The van der Waals surface area contributed by atoms with Gasteiger partial charge in [0.15, 0.2) is 11.5 Å². The van der Waals surface area contributed by atoms with E-state index < -0.39 is 0 Å². The van der Waals surface area contributed by atoms with Crippen molar-refractivity contribution in [3.63, 3.8) is 0 Å². The van der Waals surface area contributed by atoms with Crippen LogP contribution in [0.15, 0.2) is 53.3 Å². The molecule has 2 atom stereocenters. The molecular formula is C27H29N3O6. The van der Waals surface area contributed by atoms with E-state index in [-0.39, 0.29) is 23.7 Å². The van der Waals surface area contributed by atoms with Gasteiger partial charge < -0.3 is 23.5 Å².